The summed E-state index contributed by atoms with van der Waals surface area (Å²) in [6.07, 6.45) is 4.52. The van der Waals surface area contributed by atoms with E-state index in [1.807, 2.05) is 0 Å². The third-order valence-electron chi connectivity index (χ3n) is 4.96. The first-order valence-electron chi connectivity index (χ1n) is 8.87. The van der Waals surface area contributed by atoms with Crippen molar-refractivity contribution in [3.63, 3.8) is 0 Å². The van der Waals surface area contributed by atoms with E-state index in [0.717, 1.165) is 4.90 Å². The van der Waals surface area contributed by atoms with Gasteiger partial charge in [0, 0.05) is 37.3 Å². The van der Waals surface area contributed by atoms with Crippen LogP contribution in [0.2, 0.25) is 0 Å². The number of rotatable bonds is 3. The lowest BCUT2D eigenvalue weighted by atomic mass is 10.0. The second-order valence-corrected chi connectivity index (χ2v) is 6.65. The molecule has 4 heterocycles. The van der Waals surface area contributed by atoms with Crippen LogP contribution in [0.25, 0.3) is 22.3 Å². The number of carbonyl (C=O) groups excluding carboxylic acids is 2. The molecule has 0 saturated heterocycles. The largest absolute Gasteiger partial charge is 0.293 e. The fourth-order valence-corrected chi connectivity index (χ4v) is 3.66. The van der Waals surface area contributed by atoms with Crippen LogP contribution in [0.4, 0.5) is 11.4 Å². The van der Waals surface area contributed by atoms with E-state index < -0.39 is 16.7 Å². The molecule has 1 aliphatic rings. The zero-order valence-corrected chi connectivity index (χ0v) is 15.5. The van der Waals surface area contributed by atoms with E-state index in [9.17, 15) is 19.7 Å². The lowest BCUT2D eigenvalue weighted by Crippen LogP contribution is -2.30. The Hall–Kier alpha value is -4.47. The van der Waals surface area contributed by atoms with Gasteiger partial charge in [-0.3, -0.25) is 24.7 Å². The number of imide groups is 1. The van der Waals surface area contributed by atoms with Crippen molar-refractivity contribution in [2.75, 3.05) is 4.90 Å². The van der Waals surface area contributed by atoms with Crippen molar-refractivity contribution in [3.05, 3.63) is 76.2 Å². The molecule has 0 unspecified atom stereocenters. The van der Waals surface area contributed by atoms with Crippen LogP contribution in [0, 0.1) is 10.1 Å². The quantitative estimate of drug-likeness (QED) is 0.294. The molecule has 0 N–H and O–H groups in total. The van der Waals surface area contributed by atoms with Gasteiger partial charge in [0.2, 0.25) is 0 Å². The Kier molecular flexibility index (Phi) is 3.68. The van der Waals surface area contributed by atoms with Gasteiger partial charge in [-0.25, -0.2) is 14.6 Å². The van der Waals surface area contributed by atoms with Gasteiger partial charge in [-0.05, 0) is 18.2 Å². The van der Waals surface area contributed by atoms with E-state index in [1.165, 1.54) is 35.1 Å². The van der Waals surface area contributed by atoms with Crippen molar-refractivity contribution >= 4 is 34.2 Å². The summed E-state index contributed by atoms with van der Waals surface area (Å²) in [5.41, 5.74) is 1.29. The molecule has 30 heavy (non-hydrogen) atoms. The maximum absolute atomic E-state index is 13.4. The maximum Gasteiger partial charge on any atom is 0.293 e. The number of para-hydroxylation sites is 2. The first-order chi connectivity index (χ1) is 14.5. The zero-order valence-electron chi connectivity index (χ0n) is 15.5. The lowest BCUT2D eigenvalue weighted by molar-refractivity contribution is -0.384. The van der Waals surface area contributed by atoms with Gasteiger partial charge in [-0.2, -0.15) is 5.10 Å². The minimum absolute atomic E-state index is 0.0730. The number of carbonyl (C=O) groups is 2. The molecular formula is C20H12N6O4. The summed E-state index contributed by atoms with van der Waals surface area (Å²) in [5, 5.41) is 16.3. The highest BCUT2D eigenvalue weighted by molar-refractivity contribution is 6.38. The molecule has 1 aliphatic heterocycles. The summed E-state index contributed by atoms with van der Waals surface area (Å²) >= 11 is 0. The molecule has 4 aromatic rings. The van der Waals surface area contributed by atoms with Gasteiger partial charge in [-0.15, -0.1) is 0 Å². The molecule has 146 valence electrons. The van der Waals surface area contributed by atoms with Gasteiger partial charge in [-0.1, -0.05) is 12.1 Å². The molecule has 0 fully saturated rings. The fourth-order valence-electron chi connectivity index (χ4n) is 3.66. The topological polar surface area (TPSA) is 124 Å². The average Bonchev–Trinajstić information content (AvgIpc) is 3.22. The van der Waals surface area contributed by atoms with Crippen LogP contribution in [-0.2, 0) is 7.05 Å². The number of nitrogens with zero attached hydrogens (tertiary/aromatic N) is 6. The van der Waals surface area contributed by atoms with E-state index in [-0.39, 0.29) is 22.5 Å². The Labute approximate surface area is 168 Å². The number of hydrogen-bond acceptors (Lipinski definition) is 7. The average molecular weight is 400 g/mol. The summed E-state index contributed by atoms with van der Waals surface area (Å²) in [5.74, 6) is -1.32. The number of fused-ring (bicyclic) bond motifs is 3. The van der Waals surface area contributed by atoms with Crippen LogP contribution in [0.5, 0.6) is 0 Å². The van der Waals surface area contributed by atoms with Gasteiger partial charge in [0.05, 0.1) is 21.4 Å². The van der Waals surface area contributed by atoms with Crippen molar-refractivity contribution in [1.29, 1.82) is 0 Å². The number of hydrogen-bond donors (Lipinski definition) is 0. The SMILES string of the molecule is Cn1nc(-c2cccnc2)c2c3c(cnc21)C(=O)N(c1ccccc1[N+](=O)[O-])C3=O. The number of nitro benzene ring substituents is 1. The highest BCUT2D eigenvalue weighted by Gasteiger charge is 2.42. The summed E-state index contributed by atoms with van der Waals surface area (Å²) in [6, 6.07) is 9.15. The van der Waals surface area contributed by atoms with E-state index in [2.05, 4.69) is 15.1 Å². The molecule has 0 aliphatic carbocycles. The highest BCUT2D eigenvalue weighted by Crippen LogP contribution is 2.39. The lowest BCUT2D eigenvalue weighted by Gasteiger charge is -2.13. The zero-order chi connectivity index (χ0) is 21.0. The number of benzene rings is 1. The fraction of sp³-hybridized carbons (Fsp3) is 0.0500. The molecule has 0 atom stereocenters. The third-order valence-corrected chi connectivity index (χ3v) is 4.96. The smallest absolute Gasteiger partial charge is 0.268 e. The minimum Gasteiger partial charge on any atom is -0.268 e. The van der Waals surface area contributed by atoms with E-state index in [4.69, 9.17) is 0 Å². The van der Waals surface area contributed by atoms with Crippen LogP contribution in [0.15, 0.2) is 55.0 Å². The standard InChI is InChI=1S/C20H12N6O4/c1-24-18-16(17(23-24)11-5-4-8-21-9-11)15-12(10-22-18)19(27)25(20(15)28)13-6-2-3-7-14(13)26(29)30/h2-10H,1H3. The molecule has 10 nitrogen and oxygen atoms in total. The Morgan fingerprint density at radius 1 is 1.03 bits per heavy atom. The maximum atomic E-state index is 13.4. The number of aromatic nitrogens is 4. The van der Waals surface area contributed by atoms with Crippen molar-refractivity contribution in [3.8, 4) is 11.3 Å². The molecule has 0 saturated carbocycles. The predicted octanol–water partition coefficient (Wildman–Crippen LogP) is 2.74. The highest BCUT2D eigenvalue weighted by atomic mass is 16.6. The van der Waals surface area contributed by atoms with Gasteiger partial charge >= 0.3 is 0 Å². The van der Waals surface area contributed by atoms with E-state index in [0.29, 0.717) is 22.3 Å². The van der Waals surface area contributed by atoms with Crippen LogP contribution in [0.3, 0.4) is 0 Å². The number of aryl methyl sites for hydroxylation is 1. The number of pyridine rings is 2. The van der Waals surface area contributed by atoms with Gasteiger partial charge in [0.25, 0.3) is 17.5 Å². The second-order valence-electron chi connectivity index (χ2n) is 6.65. The molecule has 0 spiro atoms. The summed E-state index contributed by atoms with van der Waals surface area (Å²) < 4.78 is 1.52. The van der Waals surface area contributed by atoms with Crippen molar-refractivity contribution in [1.82, 2.24) is 19.7 Å². The van der Waals surface area contributed by atoms with Crippen molar-refractivity contribution < 1.29 is 14.5 Å². The Bertz CT molecular complexity index is 1380. The summed E-state index contributed by atoms with van der Waals surface area (Å²) in [4.78, 5) is 46.5. The van der Waals surface area contributed by atoms with E-state index in [1.54, 1.807) is 31.6 Å². The summed E-state index contributed by atoms with van der Waals surface area (Å²) in [7, 11) is 1.68. The minimum atomic E-state index is -0.667. The number of nitro groups is 1. The first-order valence-corrected chi connectivity index (χ1v) is 8.87. The Balaban J connectivity index is 1.78. The van der Waals surface area contributed by atoms with Crippen LogP contribution in [-0.4, -0.2) is 36.5 Å². The molecule has 1 aromatic carbocycles. The van der Waals surface area contributed by atoms with Crippen LogP contribution >= 0.6 is 0 Å². The first kappa shape index (κ1) is 17.6. The summed E-state index contributed by atoms with van der Waals surface area (Å²) in [6.45, 7) is 0. The normalized spacial score (nSPS) is 13.2. The Morgan fingerprint density at radius 3 is 2.57 bits per heavy atom. The molecule has 0 radical (unpaired) electrons. The van der Waals surface area contributed by atoms with Crippen molar-refractivity contribution in [2.24, 2.45) is 7.05 Å². The van der Waals surface area contributed by atoms with Crippen LogP contribution < -0.4 is 4.90 Å². The molecular weight excluding hydrogens is 388 g/mol. The molecule has 0 bridgehead atoms. The Morgan fingerprint density at radius 2 is 1.83 bits per heavy atom. The van der Waals surface area contributed by atoms with Gasteiger partial charge in [0.1, 0.15) is 11.4 Å². The molecule has 3 aromatic heterocycles. The monoisotopic (exact) mass is 400 g/mol. The van der Waals surface area contributed by atoms with Crippen molar-refractivity contribution in [2.45, 2.75) is 0 Å². The second kappa shape index (κ2) is 6.27. The molecule has 5 rings (SSSR count). The predicted molar refractivity (Wildman–Crippen MR) is 106 cm³/mol. The van der Waals surface area contributed by atoms with Crippen LogP contribution in [0.1, 0.15) is 20.7 Å². The molecule has 10 heteroatoms. The third kappa shape index (κ3) is 2.33. The van der Waals surface area contributed by atoms with E-state index >= 15 is 0 Å². The number of anilines is 1. The van der Waals surface area contributed by atoms with Gasteiger partial charge in [0.15, 0.2) is 5.65 Å². The van der Waals surface area contributed by atoms with Gasteiger partial charge < -0.3 is 0 Å². The number of amides is 2. The molecule has 2 amide bonds.